The molecule has 0 aliphatic carbocycles. The Morgan fingerprint density at radius 3 is 3.12 bits per heavy atom. The quantitative estimate of drug-likeness (QED) is 0.715. The predicted molar refractivity (Wildman–Crippen MR) is 68.3 cm³/mol. The third-order valence-electron chi connectivity index (χ3n) is 2.34. The van der Waals surface area contributed by atoms with E-state index in [9.17, 15) is 4.79 Å². The first-order valence-corrected chi connectivity index (χ1v) is 5.42. The van der Waals surface area contributed by atoms with Crippen molar-refractivity contribution in [1.29, 1.82) is 0 Å². The molecule has 0 bridgehead atoms. The summed E-state index contributed by atoms with van der Waals surface area (Å²) < 4.78 is 1.21. The molecule has 2 aromatic rings. The number of anilines is 1. The fourth-order valence-electron chi connectivity index (χ4n) is 1.39. The zero-order valence-corrected chi connectivity index (χ0v) is 10.1. The maximum atomic E-state index is 11.3. The second-order valence-corrected chi connectivity index (χ2v) is 4.15. The zero-order chi connectivity index (χ0) is 12.4. The van der Waals surface area contributed by atoms with E-state index < -0.39 is 0 Å². The summed E-state index contributed by atoms with van der Waals surface area (Å²) >= 11 is 4.81. The highest BCUT2D eigenvalue weighted by Crippen LogP contribution is 2.08. The molecule has 90 valence electrons. The standard InChI is InChI=1S/C9H12N6OS/c1-14(5-4-6(10)17)8-3-2-7-11-12-9(16)15(7)13-8/h2-3H,4-5H2,1H3,(H2,10,17)(H,12,16). The lowest BCUT2D eigenvalue weighted by atomic mass is 10.4. The van der Waals surface area contributed by atoms with Crippen molar-refractivity contribution in [3.63, 3.8) is 0 Å². The largest absolute Gasteiger partial charge is 0.393 e. The van der Waals surface area contributed by atoms with Crippen LogP contribution in [0.1, 0.15) is 6.42 Å². The Kier molecular flexibility index (Phi) is 3.05. The molecule has 0 atom stereocenters. The highest BCUT2D eigenvalue weighted by atomic mass is 32.1. The number of aromatic amines is 1. The molecule has 0 amide bonds. The van der Waals surface area contributed by atoms with E-state index in [1.807, 2.05) is 11.9 Å². The lowest BCUT2D eigenvalue weighted by molar-refractivity contribution is 0.823. The summed E-state index contributed by atoms with van der Waals surface area (Å²) in [4.78, 5) is 13.7. The second kappa shape index (κ2) is 4.50. The van der Waals surface area contributed by atoms with Gasteiger partial charge in [0.25, 0.3) is 0 Å². The molecule has 0 aliphatic rings. The van der Waals surface area contributed by atoms with Crippen LogP contribution in [0, 0.1) is 0 Å². The van der Waals surface area contributed by atoms with Gasteiger partial charge in [-0.3, -0.25) is 0 Å². The number of nitrogens with one attached hydrogen (secondary N) is 1. The Morgan fingerprint density at radius 2 is 2.41 bits per heavy atom. The van der Waals surface area contributed by atoms with Gasteiger partial charge in [0.2, 0.25) is 0 Å². The van der Waals surface area contributed by atoms with Gasteiger partial charge in [-0.2, -0.15) is 9.61 Å². The Labute approximate surface area is 102 Å². The minimum atomic E-state index is -0.357. The average Bonchev–Trinajstić information content (AvgIpc) is 2.67. The number of nitrogens with two attached hydrogens (primary N) is 1. The first-order chi connectivity index (χ1) is 8.08. The molecule has 0 spiro atoms. The topological polar surface area (TPSA) is 92.3 Å². The Morgan fingerprint density at radius 1 is 1.65 bits per heavy atom. The Hall–Kier alpha value is -1.96. The van der Waals surface area contributed by atoms with Crippen molar-refractivity contribution < 1.29 is 0 Å². The molecule has 3 N–H and O–H groups in total. The number of hydrogen-bond acceptors (Lipinski definition) is 5. The third-order valence-corrected chi connectivity index (χ3v) is 2.55. The SMILES string of the molecule is CN(CCC(N)=S)c1ccc2n[nH]c(=O)n2n1. The van der Waals surface area contributed by atoms with Crippen molar-refractivity contribution in [1.82, 2.24) is 19.8 Å². The van der Waals surface area contributed by atoms with Gasteiger partial charge in [-0.05, 0) is 12.1 Å². The number of rotatable bonds is 4. The average molecular weight is 252 g/mol. The van der Waals surface area contributed by atoms with Gasteiger partial charge in [-0.25, -0.2) is 9.89 Å². The van der Waals surface area contributed by atoms with Gasteiger partial charge in [-0.1, -0.05) is 12.2 Å². The summed E-state index contributed by atoms with van der Waals surface area (Å²) in [6, 6.07) is 3.51. The molecule has 17 heavy (non-hydrogen) atoms. The monoisotopic (exact) mass is 252 g/mol. The van der Waals surface area contributed by atoms with Crippen LogP contribution in [0.4, 0.5) is 5.82 Å². The van der Waals surface area contributed by atoms with Crippen LogP contribution in [0.5, 0.6) is 0 Å². The Bertz CT molecular complexity index is 603. The molecule has 8 heteroatoms. The van der Waals surface area contributed by atoms with Crippen molar-refractivity contribution in [2.24, 2.45) is 5.73 Å². The van der Waals surface area contributed by atoms with Gasteiger partial charge in [0.05, 0.1) is 4.99 Å². The number of aromatic nitrogens is 4. The second-order valence-electron chi connectivity index (χ2n) is 3.63. The maximum absolute atomic E-state index is 11.3. The molecule has 2 heterocycles. The molecular formula is C9H12N6OS. The third kappa shape index (κ3) is 2.41. The maximum Gasteiger partial charge on any atom is 0.364 e. The van der Waals surface area contributed by atoms with Gasteiger partial charge >= 0.3 is 5.69 Å². The van der Waals surface area contributed by atoms with Crippen molar-refractivity contribution in [3.8, 4) is 0 Å². The van der Waals surface area contributed by atoms with Crippen molar-refractivity contribution in [2.45, 2.75) is 6.42 Å². The molecule has 0 saturated carbocycles. The minimum Gasteiger partial charge on any atom is -0.393 e. The molecular weight excluding hydrogens is 240 g/mol. The van der Waals surface area contributed by atoms with E-state index >= 15 is 0 Å². The summed E-state index contributed by atoms with van der Waals surface area (Å²) in [5, 5.41) is 10.3. The lowest BCUT2D eigenvalue weighted by Crippen LogP contribution is -2.25. The van der Waals surface area contributed by atoms with Gasteiger partial charge in [0.1, 0.15) is 5.82 Å². The van der Waals surface area contributed by atoms with E-state index in [-0.39, 0.29) is 5.69 Å². The van der Waals surface area contributed by atoms with E-state index in [1.165, 1.54) is 4.52 Å². The summed E-state index contributed by atoms with van der Waals surface area (Å²) in [6.45, 7) is 0.653. The van der Waals surface area contributed by atoms with E-state index in [2.05, 4.69) is 15.3 Å². The van der Waals surface area contributed by atoms with Crippen molar-refractivity contribution >= 4 is 28.7 Å². The number of fused-ring (bicyclic) bond motifs is 1. The molecule has 2 rings (SSSR count). The zero-order valence-electron chi connectivity index (χ0n) is 9.25. The highest BCUT2D eigenvalue weighted by Gasteiger charge is 2.06. The molecule has 0 radical (unpaired) electrons. The van der Waals surface area contributed by atoms with Gasteiger partial charge in [0.15, 0.2) is 5.65 Å². The van der Waals surface area contributed by atoms with Crippen LogP contribution in [-0.4, -0.2) is 38.4 Å². The van der Waals surface area contributed by atoms with Gasteiger partial charge in [-0.15, -0.1) is 5.10 Å². The number of H-pyrrole nitrogens is 1. The van der Waals surface area contributed by atoms with E-state index in [0.29, 0.717) is 29.4 Å². The van der Waals surface area contributed by atoms with Crippen LogP contribution in [0.3, 0.4) is 0 Å². The normalized spacial score (nSPS) is 10.6. The summed E-state index contributed by atoms with van der Waals surface area (Å²) in [6.07, 6.45) is 0.603. The molecule has 0 unspecified atom stereocenters. The molecule has 0 saturated heterocycles. The smallest absolute Gasteiger partial charge is 0.364 e. The summed E-state index contributed by atoms with van der Waals surface area (Å²) in [5.41, 5.74) is 5.56. The van der Waals surface area contributed by atoms with E-state index in [0.717, 1.165) is 0 Å². The summed E-state index contributed by atoms with van der Waals surface area (Å²) in [7, 11) is 1.86. The van der Waals surface area contributed by atoms with Crippen molar-refractivity contribution in [3.05, 3.63) is 22.6 Å². The molecule has 7 nitrogen and oxygen atoms in total. The van der Waals surface area contributed by atoms with Crippen LogP contribution >= 0.6 is 12.2 Å². The number of nitrogens with zero attached hydrogens (tertiary/aromatic N) is 4. The van der Waals surface area contributed by atoms with Crippen LogP contribution in [0.2, 0.25) is 0 Å². The highest BCUT2D eigenvalue weighted by molar-refractivity contribution is 7.80. The fraction of sp³-hybridized carbons (Fsp3) is 0.333. The van der Waals surface area contributed by atoms with Crippen LogP contribution < -0.4 is 16.3 Å². The molecule has 2 aromatic heterocycles. The number of hydrogen-bond donors (Lipinski definition) is 2. The minimum absolute atomic E-state index is 0.357. The molecule has 0 fully saturated rings. The van der Waals surface area contributed by atoms with Gasteiger partial charge < -0.3 is 10.6 Å². The van der Waals surface area contributed by atoms with Crippen LogP contribution in [-0.2, 0) is 0 Å². The lowest BCUT2D eigenvalue weighted by Gasteiger charge is -2.16. The Balaban J connectivity index is 2.26. The first kappa shape index (κ1) is 11.5. The molecule has 0 aromatic carbocycles. The summed E-state index contributed by atoms with van der Waals surface area (Å²) in [5.74, 6) is 0.664. The van der Waals surface area contributed by atoms with Crippen LogP contribution in [0.25, 0.3) is 5.65 Å². The number of thiocarbonyl (C=S) groups is 1. The first-order valence-electron chi connectivity index (χ1n) is 5.02. The van der Waals surface area contributed by atoms with Crippen LogP contribution in [0.15, 0.2) is 16.9 Å². The van der Waals surface area contributed by atoms with E-state index in [1.54, 1.807) is 12.1 Å². The predicted octanol–water partition coefficient (Wildman–Crippen LogP) is -0.470. The fourth-order valence-corrected chi connectivity index (χ4v) is 1.48. The van der Waals surface area contributed by atoms with E-state index in [4.69, 9.17) is 18.0 Å². The van der Waals surface area contributed by atoms with Gasteiger partial charge in [0, 0.05) is 20.0 Å². The molecule has 0 aliphatic heterocycles. The van der Waals surface area contributed by atoms with Crippen molar-refractivity contribution in [2.75, 3.05) is 18.5 Å².